The first kappa shape index (κ1) is 78.3. The maximum Gasteiger partial charge on any atom is 0.306 e. The molecule has 0 bridgehead atoms. The number of allylic oxidation sites excluding steroid dienone is 16. The summed E-state index contributed by atoms with van der Waals surface area (Å²) < 4.78 is 17.0. The molecule has 0 aliphatic heterocycles. The highest BCUT2D eigenvalue weighted by atomic mass is 16.6. The molecule has 0 aromatic carbocycles. The summed E-state index contributed by atoms with van der Waals surface area (Å²) >= 11 is 0. The van der Waals surface area contributed by atoms with Crippen LogP contribution in [0.5, 0.6) is 0 Å². The van der Waals surface area contributed by atoms with E-state index in [-0.39, 0.29) is 31.1 Å². The first-order chi connectivity index (χ1) is 40.5. The van der Waals surface area contributed by atoms with E-state index in [4.69, 9.17) is 14.2 Å². The van der Waals surface area contributed by atoms with Crippen molar-refractivity contribution in [2.24, 2.45) is 0 Å². The van der Waals surface area contributed by atoms with Crippen molar-refractivity contribution in [3.05, 3.63) is 97.2 Å². The van der Waals surface area contributed by atoms with Crippen molar-refractivity contribution in [1.82, 2.24) is 0 Å². The second-order valence-electron chi connectivity index (χ2n) is 23.4. The fourth-order valence-electron chi connectivity index (χ4n) is 10.1. The van der Waals surface area contributed by atoms with E-state index < -0.39 is 6.10 Å². The largest absolute Gasteiger partial charge is 0.462 e. The number of ether oxygens (including phenoxy) is 3. The lowest BCUT2D eigenvalue weighted by atomic mass is 10.0. The maximum absolute atomic E-state index is 13.0. The Morgan fingerprint density at radius 1 is 0.256 bits per heavy atom. The van der Waals surface area contributed by atoms with E-state index in [1.165, 1.54) is 173 Å². The van der Waals surface area contributed by atoms with Crippen molar-refractivity contribution in [1.29, 1.82) is 0 Å². The minimum Gasteiger partial charge on any atom is -0.462 e. The van der Waals surface area contributed by atoms with E-state index in [9.17, 15) is 14.4 Å². The maximum atomic E-state index is 13.0. The van der Waals surface area contributed by atoms with Crippen molar-refractivity contribution in [2.75, 3.05) is 13.2 Å². The zero-order valence-electron chi connectivity index (χ0n) is 54.2. The number of unbranched alkanes of at least 4 members (excludes halogenated alkanes) is 37. The lowest BCUT2D eigenvalue weighted by molar-refractivity contribution is -0.167. The molecule has 6 heteroatoms. The highest BCUT2D eigenvalue weighted by Crippen LogP contribution is 2.18. The van der Waals surface area contributed by atoms with Gasteiger partial charge in [-0.05, 0) is 103 Å². The smallest absolute Gasteiger partial charge is 0.306 e. The van der Waals surface area contributed by atoms with Crippen LogP contribution < -0.4 is 0 Å². The molecule has 0 aromatic rings. The predicted octanol–water partition coefficient (Wildman–Crippen LogP) is 24.4. The molecular formula is C76H132O6. The number of carbonyl (C=O) groups is 3. The Labute approximate surface area is 508 Å². The van der Waals surface area contributed by atoms with Crippen molar-refractivity contribution < 1.29 is 28.6 Å². The van der Waals surface area contributed by atoms with Crippen molar-refractivity contribution in [3.63, 3.8) is 0 Å². The van der Waals surface area contributed by atoms with Gasteiger partial charge in [0.2, 0.25) is 0 Å². The second kappa shape index (κ2) is 69.8. The zero-order chi connectivity index (χ0) is 59.2. The molecule has 0 saturated heterocycles. The standard InChI is InChI=1S/C76H132O6/c1-4-7-10-13-16-19-22-25-28-31-33-35-37-38-40-41-43-45-48-51-54-57-60-63-66-69-75(78)81-72-73(71-80-74(77)68-65-62-59-56-53-50-47-30-27-24-21-18-15-12-9-6-3)82-76(79)70-67-64-61-58-55-52-49-46-44-42-39-36-34-32-29-26-23-20-17-14-11-8-5-2/h8,11,17,20-21,24,26,29-30,34,36,42,44,47,49,52,73H,4-7,9-10,12-16,18-19,22-23,25,27-28,31-33,35,37-41,43,45-46,48,50-51,53-72H2,1-3H3/b11-8-,20-17-,24-21-,29-26-,36-34-,44-42-,47-30-,52-49-. The van der Waals surface area contributed by atoms with Gasteiger partial charge in [-0.3, -0.25) is 14.4 Å². The quantitative estimate of drug-likeness (QED) is 0.0261. The zero-order valence-corrected chi connectivity index (χ0v) is 54.2. The molecule has 0 rings (SSSR count). The van der Waals surface area contributed by atoms with Crippen LogP contribution >= 0.6 is 0 Å². The van der Waals surface area contributed by atoms with Crippen molar-refractivity contribution in [3.8, 4) is 0 Å². The van der Waals surface area contributed by atoms with Crippen LogP contribution in [0.15, 0.2) is 97.2 Å². The molecule has 1 atom stereocenters. The van der Waals surface area contributed by atoms with E-state index in [0.717, 1.165) is 135 Å². The molecule has 0 radical (unpaired) electrons. The van der Waals surface area contributed by atoms with Crippen LogP contribution in [0.2, 0.25) is 0 Å². The van der Waals surface area contributed by atoms with Gasteiger partial charge in [0, 0.05) is 19.3 Å². The number of carbonyl (C=O) groups excluding carboxylic acids is 3. The number of esters is 3. The van der Waals surface area contributed by atoms with Gasteiger partial charge >= 0.3 is 17.9 Å². The highest BCUT2D eigenvalue weighted by molar-refractivity contribution is 5.71. The molecule has 1 unspecified atom stereocenters. The molecule has 0 aromatic heterocycles. The minimum absolute atomic E-state index is 0.0902. The average Bonchev–Trinajstić information content (AvgIpc) is 3.47. The van der Waals surface area contributed by atoms with Crippen LogP contribution in [0.3, 0.4) is 0 Å². The van der Waals surface area contributed by atoms with Crippen LogP contribution in [-0.2, 0) is 28.6 Å². The predicted molar refractivity (Wildman–Crippen MR) is 357 cm³/mol. The lowest BCUT2D eigenvalue weighted by Crippen LogP contribution is -2.30. The van der Waals surface area contributed by atoms with E-state index in [0.29, 0.717) is 19.3 Å². The molecule has 0 spiro atoms. The first-order valence-electron chi connectivity index (χ1n) is 35.2. The molecule has 82 heavy (non-hydrogen) atoms. The molecule has 472 valence electrons. The van der Waals surface area contributed by atoms with E-state index in [2.05, 4.69) is 118 Å². The molecule has 0 aliphatic rings. The number of rotatable bonds is 64. The Bertz CT molecular complexity index is 1590. The molecule has 0 amide bonds. The second-order valence-corrected chi connectivity index (χ2v) is 23.4. The number of hydrogen-bond acceptors (Lipinski definition) is 6. The van der Waals surface area contributed by atoms with Gasteiger partial charge in [-0.2, -0.15) is 0 Å². The summed E-state index contributed by atoms with van der Waals surface area (Å²) in [6, 6.07) is 0. The van der Waals surface area contributed by atoms with Gasteiger partial charge in [0.05, 0.1) is 0 Å². The molecule has 0 aliphatic carbocycles. The fraction of sp³-hybridized carbons (Fsp3) is 0.750. The first-order valence-corrected chi connectivity index (χ1v) is 35.2. The Morgan fingerprint density at radius 2 is 0.476 bits per heavy atom. The summed E-state index contributed by atoms with van der Waals surface area (Å²) in [5.41, 5.74) is 0. The van der Waals surface area contributed by atoms with Gasteiger partial charge in [-0.25, -0.2) is 0 Å². The lowest BCUT2D eigenvalue weighted by Gasteiger charge is -2.18. The third kappa shape index (κ3) is 67.1. The average molecular weight is 1140 g/mol. The summed E-state index contributed by atoms with van der Waals surface area (Å²) in [6.45, 7) is 6.52. The minimum atomic E-state index is -0.799. The van der Waals surface area contributed by atoms with Crippen LogP contribution in [0.4, 0.5) is 0 Å². The van der Waals surface area contributed by atoms with Gasteiger partial charge < -0.3 is 14.2 Å². The highest BCUT2D eigenvalue weighted by Gasteiger charge is 2.19. The topological polar surface area (TPSA) is 78.9 Å². The van der Waals surface area contributed by atoms with E-state index in [1.54, 1.807) is 0 Å². The monoisotopic (exact) mass is 1140 g/mol. The van der Waals surface area contributed by atoms with Gasteiger partial charge in [-0.15, -0.1) is 0 Å². The van der Waals surface area contributed by atoms with Crippen LogP contribution in [-0.4, -0.2) is 37.2 Å². The Morgan fingerprint density at radius 3 is 0.756 bits per heavy atom. The van der Waals surface area contributed by atoms with Crippen molar-refractivity contribution >= 4 is 17.9 Å². The summed E-state index contributed by atoms with van der Waals surface area (Å²) in [7, 11) is 0. The SMILES string of the molecule is CC/C=C\C/C=C\C/C=C\C/C=C\C/C=C\C/C=C\CCCCCCC(=O)OC(COC(=O)CCCCCCC/C=C\C/C=C\CCCCCC)COC(=O)CCCCCCCCCCCCCCCCCCCCCCCCCCC. The number of hydrogen-bond donors (Lipinski definition) is 0. The molecule has 0 N–H and O–H groups in total. The van der Waals surface area contributed by atoms with Gasteiger partial charge in [-0.1, -0.05) is 323 Å². The van der Waals surface area contributed by atoms with Crippen LogP contribution in [0.1, 0.15) is 348 Å². The third-order valence-corrected chi connectivity index (χ3v) is 15.3. The summed E-state index contributed by atoms with van der Waals surface area (Å²) in [5.74, 6) is -0.914. The molecule has 6 nitrogen and oxygen atoms in total. The van der Waals surface area contributed by atoms with E-state index in [1.807, 2.05) is 0 Å². The van der Waals surface area contributed by atoms with Gasteiger partial charge in [0.1, 0.15) is 13.2 Å². The summed E-state index contributed by atoms with van der Waals surface area (Å²) in [5, 5.41) is 0. The fourth-order valence-corrected chi connectivity index (χ4v) is 10.1. The normalized spacial score (nSPS) is 12.7. The van der Waals surface area contributed by atoms with Crippen LogP contribution in [0.25, 0.3) is 0 Å². The van der Waals surface area contributed by atoms with Crippen LogP contribution in [0, 0.1) is 0 Å². The van der Waals surface area contributed by atoms with Crippen molar-refractivity contribution in [2.45, 2.75) is 354 Å². The van der Waals surface area contributed by atoms with Gasteiger partial charge in [0.25, 0.3) is 0 Å². The third-order valence-electron chi connectivity index (χ3n) is 15.3. The summed E-state index contributed by atoms with van der Waals surface area (Å²) in [6.07, 6.45) is 94.3. The van der Waals surface area contributed by atoms with Gasteiger partial charge in [0.15, 0.2) is 6.10 Å². The molecule has 0 fully saturated rings. The van der Waals surface area contributed by atoms with E-state index >= 15 is 0 Å². The molecule has 0 heterocycles. The Kier molecular flexibility index (Phi) is 66.7. The Hall–Kier alpha value is -3.67. The molecule has 0 saturated carbocycles. The summed E-state index contributed by atoms with van der Waals surface area (Å²) in [4.78, 5) is 38.5. The Balaban J connectivity index is 4.38. The molecular weight excluding hydrogens is 1010 g/mol.